The molecule has 1 aromatic rings. The van der Waals surface area contributed by atoms with Gasteiger partial charge in [-0.2, -0.15) is 0 Å². The average Bonchev–Trinajstić information content (AvgIpc) is 3.33. The Labute approximate surface area is 136 Å². The average molecular weight is 353 g/mol. The molecule has 1 aliphatic carbocycles. The monoisotopic (exact) mass is 352 g/mol. The van der Waals surface area contributed by atoms with Gasteiger partial charge in [0.1, 0.15) is 5.75 Å². The van der Waals surface area contributed by atoms with Gasteiger partial charge in [0.2, 0.25) is 0 Å². The van der Waals surface area contributed by atoms with E-state index in [0.717, 1.165) is 35.7 Å². The molecule has 2 fully saturated rings. The Morgan fingerprint density at radius 1 is 1.43 bits per heavy atom. The topological polar surface area (TPSA) is 24.5 Å². The van der Waals surface area contributed by atoms with Crippen molar-refractivity contribution in [3.05, 3.63) is 22.7 Å². The zero-order chi connectivity index (χ0) is 15.0. The molecule has 0 radical (unpaired) electrons. The van der Waals surface area contributed by atoms with Gasteiger partial charge in [0.05, 0.1) is 11.6 Å². The molecule has 0 bridgehead atoms. The van der Waals surface area contributed by atoms with E-state index in [1.165, 1.54) is 18.5 Å². The fourth-order valence-corrected chi connectivity index (χ4v) is 3.90. The molecule has 21 heavy (non-hydrogen) atoms. The first-order chi connectivity index (χ1) is 10.1. The quantitative estimate of drug-likeness (QED) is 0.891. The van der Waals surface area contributed by atoms with Crippen LogP contribution in [0.1, 0.15) is 33.1 Å². The predicted molar refractivity (Wildman–Crippen MR) is 91.3 cm³/mol. The molecule has 1 aliphatic heterocycles. The van der Waals surface area contributed by atoms with Gasteiger partial charge in [-0.25, -0.2) is 0 Å². The Bertz CT molecular complexity index is 518. The van der Waals surface area contributed by atoms with Gasteiger partial charge in [-0.05, 0) is 60.2 Å². The lowest BCUT2D eigenvalue weighted by Crippen LogP contribution is -2.64. The van der Waals surface area contributed by atoms with E-state index in [-0.39, 0.29) is 5.54 Å². The maximum atomic E-state index is 5.47. The van der Waals surface area contributed by atoms with Crippen molar-refractivity contribution in [2.45, 2.75) is 44.7 Å². The van der Waals surface area contributed by atoms with E-state index in [1.54, 1.807) is 7.11 Å². The number of piperazine rings is 1. The Morgan fingerprint density at radius 3 is 2.81 bits per heavy atom. The number of benzene rings is 1. The third-order valence-corrected chi connectivity index (χ3v) is 5.75. The van der Waals surface area contributed by atoms with Gasteiger partial charge in [0.15, 0.2) is 0 Å². The molecule has 1 saturated carbocycles. The van der Waals surface area contributed by atoms with Crippen molar-refractivity contribution in [1.82, 2.24) is 5.32 Å². The smallest absolute Gasteiger partial charge is 0.135 e. The summed E-state index contributed by atoms with van der Waals surface area (Å²) in [5, 5.41) is 3.82. The van der Waals surface area contributed by atoms with Crippen LogP contribution in [0.25, 0.3) is 0 Å². The summed E-state index contributed by atoms with van der Waals surface area (Å²) >= 11 is 3.55. The minimum absolute atomic E-state index is 0.256. The second-order valence-corrected chi connectivity index (χ2v) is 7.44. The Hall–Kier alpha value is -0.740. The molecular formula is C17H25BrN2O. The van der Waals surface area contributed by atoms with Crippen molar-refractivity contribution >= 4 is 21.6 Å². The summed E-state index contributed by atoms with van der Waals surface area (Å²) in [6.45, 7) is 6.82. The molecule has 1 N–H and O–H groups in total. The summed E-state index contributed by atoms with van der Waals surface area (Å²) in [7, 11) is 1.73. The van der Waals surface area contributed by atoms with E-state index >= 15 is 0 Å². The van der Waals surface area contributed by atoms with Gasteiger partial charge in [-0.15, -0.1) is 0 Å². The molecule has 1 heterocycles. The van der Waals surface area contributed by atoms with Crippen LogP contribution in [0.3, 0.4) is 0 Å². The third-order valence-electron chi connectivity index (χ3n) is 5.10. The Kier molecular flexibility index (Phi) is 4.19. The first-order valence-electron chi connectivity index (χ1n) is 7.92. The highest BCUT2D eigenvalue weighted by molar-refractivity contribution is 9.10. The standard InChI is InChI=1S/C17H25BrN2O/c1-4-13-10-19-17(2,12-5-6-12)11-20(13)14-7-8-15(18)16(9-14)21-3/h7-9,12-13,19H,4-6,10-11H2,1-3H3. The highest BCUT2D eigenvalue weighted by Gasteiger charge is 2.45. The zero-order valence-corrected chi connectivity index (χ0v) is 14.7. The summed E-state index contributed by atoms with van der Waals surface area (Å²) in [6.07, 6.45) is 3.90. The molecule has 2 unspecified atom stereocenters. The van der Waals surface area contributed by atoms with Crippen LogP contribution in [0.2, 0.25) is 0 Å². The van der Waals surface area contributed by atoms with Crippen molar-refractivity contribution in [3.8, 4) is 5.75 Å². The Morgan fingerprint density at radius 2 is 2.19 bits per heavy atom. The lowest BCUT2D eigenvalue weighted by Gasteiger charge is -2.48. The normalized spacial score (nSPS) is 29.5. The van der Waals surface area contributed by atoms with E-state index in [1.807, 2.05) is 0 Å². The minimum atomic E-state index is 0.256. The molecule has 2 aliphatic rings. The number of nitrogens with zero attached hydrogens (tertiary/aromatic N) is 1. The number of hydrogen-bond donors (Lipinski definition) is 1. The third kappa shape index (κ3) is 2.93. The molecule has 3 nitrogen and oxygen atoms in total. The van der Waals surface area contributed by atoms with E-state index < -0.39 is 0 Å². The van der Waals surface area contributed by atoms with Gasteiger partial charge in [-0.3, -0.25) is 0 Å². The van der Waals surface area contributed by atoms with Crippen LogP contribution in [0.15, 0.2) is 22.7 Å². The van der Waals surface area contributed by atoms with E-state index in [9.17, 15) is 0 Å². The van der Waals surface area contributed by atoms with Gasteiger partial charge < -0.3 is 15.0 Å². The first kappa shape index (κ1) is 15.2. The minimum Gasteiger partial charge on any atom is -0.495 e. The van der Waals surface area contributed by atoms with Crippen molar-refractivity contribution in [2.75, 3.05) is 25.1 Å². The largest absolute Gasteiger partial charge is 0.495 e. The molecular weight excluding hydrogens is 328 g/mol. The van der Waals surface area contributed by atoms with E-state index in [4.69, 9.17) is 4.74 Å². The van der Waals surface area contributed by atoms with Crippen molar-refractivity contribution in [1.29, 1.82) is 0 Å². The van der Waals surface area contributed by atoms with E-state index in [2.05, 4.69) is 58.2 Å². The van der Waals surface area contributed by atoms with Gasteiger partial charge in [-0.1, -0.05) is 6.92 Å². The van der Waals surface area contributed by atoms with Crippen molar-refractivity contribution in [2.24, 2.45) is 5.92 Å². The molecule has 0 aromatic heterocycles. The highest BCUT2D eigenvalue weighted by Crippen LogP contribution is 2.43. The number of rotatable bonds is 4. The number of halogens is 1. The number of nitrogens with one attached hydrogen (secondary N) is 1. The van der Waals surface area contributed by atoms with Gasteiger partial charge >= 0.3 is 0 Å². The van der Waals surface area contributed by atoms with Crippen LogP contribution >= 0.6 is 15.9 Å². The fraction of sp³-hybridized carbons (Fsp3) is 0.647. The number of hydrogen-bond acceptors (Lipinski definition) is 3. The van der Waals surface area contributed by atoms with Crippen LogP contribution in [-0.4, -0.2) is 31.8 Å². The molecule has 0 amide bonds. The molecule has 4 heteroatoms. The second-order valence-electron chi connectivity index (χ2n) is 6.58. The summed E-state index contributed by atoms with van der Waals surface area (Å²) in [6, 6.07) is 7.01. The highest BCUT2D eigenvalue weighted by atomic mass is 79.9. The van der Waals surface area contributed by atoms with Crippen LogP contribution in [0, 0.1) is 5.92 Å². The summed E-state index contributed by atoms with van der Waals surface area (Å²) in [4.78, 5) is 2.57. The summed E-state index contributed by atoms with van der Waals surface area (Å²) < 4.78 is 6.48. The SMILES string of the molecule is CCC1CNC(C)(C2CC2)CN1c1ccc(Br)c(OC)c1. The molecule has 116 valence electrons. The van der Waals surface area contributed by atoms with Crippen LogP contribution in [-0.2, 0) is 0 Å². The van der Waals surface area contributed by atoms with Crippen molar-refractivity contribution in [3.63, 3.8) is 0 Å². The lowest BCUT2D eigenvalue weighted by atomic mass is 9.90. The summed E-state index contributed by atoms with van der Waals surface area (Å²) in [5.74, 6) is 1.75. The van der Waals surface area contributed by atoms with E-state index in [0.29, 0.717) is 6.04 Å². The second kappa shape index (κ2) is 5.81. The predicted octanol–water partition coefficient (Wildman–Crippen LogP) is 3.81. The maximum Gasteiger partial charge on any atom is 0.135 e. The Balaban J connectivity index is 1.89. The molecule has 2 atom stereocenters. The first-order valence-corrected chi connectivity index (χ1v) is 8.72. The fourth-order valence-electron chi connectivity index (χ4n) is 3.49. The van der Waals surface area contributed by atoms with Gasteiger partial charge in [0, 0.05) is 36.4 Å². The van der Waals surface area contributed by atoms with Crippen LogP contribution in [0.4, 0.5) is 5.69 Å². The molecule has 1 aromatic carbocycles. The molecule has 3 rings (SSSR count). The number of ether oxygens (including phenoxy) is 1. The number of anilines is 1. The van der Waals surface area contributed by atoms with Crippen LogP contribution < -0.4 is 15.0 Å². The lowest BCUT2D eigenvalue weighted by molar-refractivity contribution is 0.252. The van der Waals surface area contributed by atoms with Gasteiger partial charge in [0.25, 0.3) is 0 Å². The molecule has 0 spiro atoms. The van der Waals surface area contributed by atoms with Crippen LogP contribution in [0.5, 0.6) is 5.75 Å². The summed E-state index contributed by atoms with van der Waals surface area (Å²) in [5.41, 5.74) is 1.53. The molecule has 1 saturated heterocycles. The maximum absolute atomic E-state index is 5.47. The zero-order valence-electron chi connectivity index (χ0n) is 13.2. The van der Waals surface area contributed by atoms with Crippen molar-refractivity contribution < 1.29 is 4.74 Å². The number of methoxy groups -OCH3 is 1.